The molecule has 0 fully saturated rings. The van der Waals surface area contributed by atoms with Crippen molar-refractivity contribution in [3.63, 3.8) is 0 Å². The van der Waals surface area contributed by atoms with Gasteiger partial charge < -0.3 is 4.42 Å². The summed E-state index contributed by atoms with van der Waals surface area (Å²) in [6, 6.07) is 23.7. The number of rotatable bonds is 2. The van der Waals surface area contributed by atoms with Crippen molar-refractivity contribution >= 4 is 32.7 Å². The molecule has 4 heteroatoms. The van der Waals surface area contributed by atoms with Gasteiger partial charge in [0.1, 0.15) is 25.4 Å². The van der Waals surface area contributed by atoms with Gasteiger partial charge in [-0.25, -0.2) is 8.96 Å². The highest BCUT2D eigenvalue weighted by molar-refractivity contribution is 6.15. The first-order chi connectivity index (χ1) is 19.0. The molecule has 0 saturated heterocycles. The van der Waals surface area contributed by atoms with Crippen molar-refractivity contribution in [1.29, 1.82) is 5.26 Å². The van der Waals surface area contributed by atoms with E-state index in [1.54, 1.807) is 11.6 Å². The Morgan fingerprint density at radius 1 is 0.895 bits per heavy atom. The predicted octanol–water partition coefficient (Wildman–Crippen LogP) is 8.51. The van der Waals surface area contributed by atoms with Crippen molar-refractivity contribution in [1.82, 2.24) is 0 Å². The number of benzene rings is 4. The predicted molar refractivity (Wildman–Crippen MR) is 151 cm³/mol. The third kappa shape index (κ3) is 3.58. The highest BCUT2D eigenvalue weighted by Crippen LogP contribution is 2.43. The Morgan fingerprint density at radius 2 is 1.58 bits per heavy atom. The van der Waals surface area contributed by atoms with Gasteiger partial charge in [0, 0.05) is 22.4 Å². The molecule has 38 heavy (non-hydrogen) atoms. The zero-order valence-electron chi connectivity index (χ0n) is 24.0. The lowest BCUT2D eigenvalue weighted by Gasteiger charge is -2.18. The van der Waals surface area contributed by atoms with Crippen molar-refractivity contribution in [3.05, 3.63) is 101 Å². The first-order valence-corrected chi connectivity index (χ1v) is 12.6. The highest BCUT2D eigenvalue weighted by Gasteiger charge is 2.28. The van der Waals surface area contributed by atoms with Crippen LogP contribution in [0.15, 0.2) is 83.4 Å². The van der Waals surface area contributed by atoms with Gasteiger partial charge in [-0.1, -0.05) is 75.4 Å². The third-order valence-electron chi connectivity index (χ3n) is 7.25. The number of nitriles is 1. The summed E-state index contributed by atoms with van der Waals surface area (Å²) in [5.74, 6) is -0.693. The maximum absolute atomic E-state index is 15.8. The number of pyridine rings is 1. The van der Waals surface area contributed by atoms with Crippen LogP contribution in [0.3, 0.4) is 0 Å². The van der Waals surface area contributed by atoms with E-state index in [0.29, 0.717) is 27.9 Å². The summed E-state index contributed by atoms with van der Waals surface area (Å²) in [5.41, 5.74) is 4.33. The van der Waals surface area contributed by atoms with Crippen LogP contribution >= 0.6 is 0 Å². The van der Waals surface area contributed by atoms with E-state index in [9.17, 15) is 5.26 Å². The molecule has 4 aromatic carbocycles. The number of aromatic nitrogens is 1. The number of furan rings is 1. The molecular formula is C34H28FN2O+. The van der Waals surface area contributed by atoms with Crippen LogP contribution in [0.25, 0.3) is 55.1 Å². The number of hydrogen-bond acceptors (Lipinski definition) is 2. The lowest BCUT2D eigenvalue weighted by molar-refractivity contribution is -0.661. The molecule has 0 radical (unpaired) electrons. The van der Waals surface area contributed by atoms with Crippen LogP contribution < -0.4 is 4.57 Å². The van der Waals surface area contributed by atoms with E-state index in [2.05, 4.69) is 6.07 Å². The average Bonchev–Trinajstić information content (AvgIpc) is 3.30. The van der Waals surface area contributed by atoms with Crippen molar-refractivity contribution in [3.8, 4) is 28.5 Å². The van der Waals surface area contributed by atoms with Crippen LogP contribution in [-0.2, 0) is 12.5 Å². The van der Waals surface area contributed by atoms with Crippen LogP contribution in [0, 0.1) is 24.1 Å². The normalized spacial score (nSPS) is 12.7. The average molecular weight is 502 g/mol. The van der Waals surface area contributed by atoms with Crippen LogP contribution in [0.2, 0.25) is 0 Å². The van der Waals surface area contributed by atoms with Crippen LogP contribution in [0.5, 0.6) is 0 Å². The van der Waals surface area contributed by atoms with E-state index in [1.165, 1.54) is 0 Å². The molecule has 0 amide bonds. The molecule has 0 spiro atoms. The third-order valence-corrected chi connectivity index (χ3v) is 7.25. The standard InChI is InChI=1S/C34H28FN2O/c1-20-13-15-25-26-16-14-22(18-36)31(24-12-8-10-21-9-6-7-11-23(21)24)33(26)38-32(25)30(20)29-17-28(35)27(19-37(29)5)34(2,3)4/h6-17,19H,1-5H3/q+1/i17D,19D. The summed E-state index contributed by atoms with van der Waals surface area (Å²) in [4.78, 5) is 0. The monoisotopic (exact) mass is 501 g/mol. The summed E-state index contributed by atoms with van der Waals surface area (Å²) in [6.07, 6.45) is 0.0201. The van der Waals surface area contributed by atoms with Gasteiger partial charge in [-0.15, -0.1) is 0 Å². The highest BCUT2D eigenvalue weighted by atomic mass is 19.1. The molecule has 0 atom stereocenters. The van der Waals surface area contributed by atoms with Gasteiger partial charge in [0.05, 0.1) is 24.1 Å². The maximum Gasteiger partial charge on any atom is 0.219 e. The molecule has 0 aliphatic heterocycles. The topological polar surface area (TPSA) is 40.8 Å². The van der Waals surface area contributed by atoms with Crippen LogP contribution in [0.1, 0.15) is 40.2 Å². The van der Waals surface area contributed by atoms with Gasteiger partial charge in [0.2, 0.25) is 5.69 Å². The zero-order valence-corrected chi connectivity index (χ0v) is 22.0. The fourth-order valence-electron chi connectivity index (χ4n) is 5.35. The first kappa shape index (κ1) is 21.6. The molecule has 2 aromatic heterocycles. The summed E-state index contributed by atoms with van der Waals surface area (Å²) >= 11 is 0. The lowest BCUT2D eigenvalue weighted by Crippen LogP contribution is -2.34. The molecule has 2 heterocycles. The fourth-order valence-corrected chi connectivity index (χ4v) is 5.35. The van der Waals surface area contributed by atoms with Gasteiger partial charge in [-0.2, -0.15) is 5.26 Å². The minimum absolute atomic E-state index is 0.0201. The van der Waals surface area contributed by atoms with Gasteiger partial charge in [0.25, 0.3) is 0 Å². The lowest BCUT2D eigenvalue weighted by atomic mass is 9.87. The van der Waals surface area contributed by atoms with E-state index in [4.69, 9.17) is 7.16 Å². The summed E-state index contributed by atoms with van der Waals surface area (Å²) in [7, 11) is 1.70. The molecule has 0 saturated carbocycles. The number of halogens is 1. The van der Waals surface area contributed by atoms with Gasteiger partial charge in [-0.05, 0) is 46.4 Å². The van der Waals surface area contributed by atoms with Crippen molar-refractivity contribution in [2.45, 2.75) is 33.1 Å². The number of nitrogens with zero attached hydrogens (tertiary/aromatic N) is 2. The Morgan fingerprint density at radius 3 is 2.32 bits per heavy atom. The number of aryl methyl sites for hydroxylation is 1. The molecular weight excluding hydrogens is 471 g/mol. The Balaban J connectivity index is 1.75. The van der Waals surface area contributed by atoms with Crippen LogP contribution in [0.4, 0.5) is 4.39 Å². The Kier molecular flexibility index (Phi) is 4.85. The first-order valence-electron chi connectivity index (χ1n) is 13.6. The van der Waals surface area contributed by atoms with E-state index in [0.717, 1.165) is 32.7 Å². The minimum atomic E-state index is -0.693. The van der Waals surface area contributed by atoms with Crippen molar-refractivity contribution < 1.29 is 16.1 Å². The number of fused-ring (bicyclic) bond motifs is 4. The zero-order chi connectivity index (χ0) is 28.5. The second-order valence-electron chi connectivity index (χ2n) is 10.8. The molecule has 186 valence electrons. The molecule has 3 nitrogen and oxygen atoms in total. The number of hydrogen-bond donors (Lipinski definition) is 0. The van der Waals surface area contributed by atoms with E-state index < -0.39 is 11.2 Å². The smallest absolute Gasteiger partial charge is 0.219 e. The molecule has 0 bridgehead atoms. The van der Waals surface area contributed by atoms with Crippen molar-refractivity contribution in [2.75, 3.05) is 0 Å². The van der Waals surface area contributed by atoms with E-state index >= 15 is 4.39 Å². The second-order valence-corrected chi connectivity index (χ2v) is 10.8. The molecule has 6 rings (SSSR count). The molecule has 0 N–H and O–H groups in total. The quantitative estimate of drug-likeness (QED) is 0.223. The van der Waals surface area contributed by atoms with E-state index in [-0.39, 0.29) is 23.5 Å². The van der Waals surface area contributed by atoms with Crippen molar-refractivity contribution in [2.24, 2.45) is 7.05 Å². The molecule has 0 aliphatic rings. The summed E-state index contributed by atoms with van der Waals surface area (Å²) in [5, 5.41) is 13.8. The van der Waals surface area contributed by atoms with E-state index in [1.807, 2.05) is 94.4 Å². The summed E-state index contributed by atoms with van der Waals surface area (Å²) < 4.78 is 41.7. The molecule has 6 aromatic rings. The second kappa shape index (κ2) is 8.53. The van der Waals surface area contributed by atoms with Gasteiger partial charge in [0.15, 0.2) is 6.17 Å². The summed E-state index contributed by atoms with van der Waals surface area (Å²) in [6.45, 7) is 7.42. The molecule has 0 unspecified atom stereocenters. The Labute approximate surface area is 224 Å². The van der Waals surface area contributed by atoms with Gasteiger partial charge in [-0.3, -0.25) is 0 Å². The fraction of sp³-hybridized carbons (Fsp3) is 0.176. The molecule has 0 aliphatic carbocycles. The minimum Gasteiger partial charge on any atom is -0.454 e. The van der Waals surface area contributed by atoms with Gasteiger partial charge >= 0.3 is 0 Å². The maximum atomic E-state index is 15.8. The Hall–Kier alpha value is -4.49. The largest absolute Gasteiger partial charge is 0.454 e. The van der Waals surface area contributed by atoms with Crippen LogP contribution in [-0.4, -0.2) is 0 Å². The SMILES string of the molecule is [2H]c1c(F)c(C(C)(C)C)c([2H])[n+](C)c1-c1c(C)ccc2c1oc1c(-c3cccc4ccccc34)c(C#N)ccc12. The Bertz CT molecular complexity index is 2030.